The van der Waals surface area contributed by atoms with Crippen LogP contribution < -0.4 is 0 Å². The summed E-state index contributed by atoms with van der Waals surface area (Å²) in [6, 6.07) is 3.65. The van der Waals surface area contributed by atoms with Crippen molar-refractivity contribution < 1.29 is 4.79 Å². The van der Waals surface area contributed by atoms with E-state index in [1.165, 1.54) is 0 Å². The first-order valence-corrected chi connectivity index (χ1v) is 7.42. The third-order valence-electron chi connectivity index (χ3n) is 3.14. The molecule has 5 heteroatoms. The normalized spacial score (nSPS) is 10.9. The van der Waals surface area contributed by atoms with E-state index in [0.29, 0.717) is 11.4 Å². The molecule has 1 amide bonds. The van der Waals surface area contributed by atoms with Crippen LogP contribution in [0.1, 0.15) is 32.4 Å². The molecule has 0 unspecified atom stereocenters. The van der Waals surface area contributed by atoms with Crippen molar-refractivity contribution in [3.8, 4) is 0 Å². The van der Waals surface area contributed by atoms with Crippen LogP contribution in [0, 0.1) is 0 Å². The molecular weight excluding hydrogens is 274 g/mol. The molecule has 0 atom stereocenters. The fourth-order valence-corrected chi connectivity index (χ4v) is 2.44. The average Bonchev–Trinajstić information content (AvgIpc) is 2.79. The van der Waals surface area contributed by atoms with Gasteiger partial charge in [0.05, 0.1) is 17.1 Å². The van der Waals surface area contributed by atoms with Gasteiger partial charge in [-0.3, -0.25) is 4.79 Å². The standard InChI is InChI=1S/C15H20ClN3O/c1-3-7-18(8-4-2)15(20)9-13-11-19-10-12(16)5-6-14(19)17-13/h5-6,10-11H,3-4,7-9H2,1-2H3. The zero-order valence-corrected chi connectivity index (χ0v) is 12.7. The highest BCUT2D eigenvalue weighted by Crippen LogP contribution is 2.12. The van der Waals surface area contributed by atoms with Crippen LogP contribution in [0.2, 0.25) is 5.02 Å². The van der Waals surface area contributed by atoms with Crippen molar-refractivity contribution in [1.82, 2.24) is 14.3 Å². The van der Waals surface area contributed by atoms with E-state index in [1.54, 1.807) is 12.3 Å². The predicted molar refractivity (Wildman–Crippen MR) is 81.1 cm³/mol. The van der Waals surface area contributed by atoms with Gasteiger partial charge in [0.2, 0.25) is 5.91 Å². The minimum absolute atomic E-state index is 0.142. The number of hydrogen-bond donors (Lipinski definition) is 0. The van der Waals surface area contributed by atoms with Crippen LogP contribution in [-0.4, -0.2) is 33.3 Å². The SMILES string of the molecule is CCCN(CCC)C(=O)Cc1cn2cc(Cl)ccc2n1. The van der Waals surface area contributed by atoms with E-state index in [9.17, 15) is 4.79 Å². The van der Waals surface area contributed by atoms with Crippen LogP contribution in [0.5, 0.6) is 0 Å². The molecular formula is C15H20ClN3O. The van der Waals surface area contributed by atoms with Gasteiger partial charge >= 0.3 is 0 Å². The van der Waals surface area contributed by atoms with Crippen LogP contribution in [0.3, 0.4) is 0 Å². The molecule has 0 fully saturated rings. The number of carbonyl (C=O) groups excluding carboxylic acids is 1. The van der Waals surface area contributed by atoms with E-state index in [0.717, 1.165) is 37.3 Å². The summed E-state index contributed by atoms with van der Waals surface area (Å²) in [7, 11) is 0. The summed E-state index contributed by atoms with van der Waals surface area (Å²) in [5, 5.41) is 0.659. The third kappa shape index (κ3) is 3.51. The molecule has 0 saturated heterocycles. The minimum Gasteiger partial charge on any atom is -0.342 e. The maximum Gasteiger partial charge on any atom is 0.228 e. The van der Waals surface area contributed by atoms with Crippen molar-refractivity contribution in [2.75, 3.05) is 13.1 Å². The Labute approximate surface area is 124 Å². The van der Waals surface area contributed by atoms with Gasteiger partial charge in [-0.25, -0.2) is 4.98 Å². The summed E-state index contributed by atoms with van der Waals surface area (Å²) in [6.07, 6.45) is 5.97. The fraction of sp³-hybridized carbons (Fsp3) is 0.467. The predicted octanol–water partition coefficient (Wildman–Crippen LogP) is 3.18. The highest BCUT2D eigenvalue weighted by Gasteiger charge is 2.14. The highest BCUT2D eigenvalue weighted by atomic mass is 35.5. The van der Waals surface area contributed by atoms with Gasteiger partial charge in [0.1, 0.15) is 5.65 Å². The van der Waals surface area contributed by atoms with Gasteiger partial charge in [-0.15, -0.1) is 0 Å². The summed E-state index contributed by atoms with van der Waals surface area (Å²) >= 11 is 5.94. The van der Waals surface area contributed by atoms with Gasteiger partial charge in [0, 0.05) is 25.5 Å². The van der Waals surface area contributed by atoms with Crippen molar-refractivity contribution in [3.63, 3.8) is 0 Å². The topological polar surface area (TPSA) is 37.6 Å². The number of imidazole rings is 1. The summed E-state index contributed by atoms with van der Waals surface area (Å²) in [5.41, 5.74) is 1.60. The second-order valence-corrected chi connectivity index (χ2v) is 5.34. The Morgan fingerprint density at radius 2 is 1.95 bits per heavy atom. The molecule has 0 N–H and O–H groups in total. The van der Waals surface area contributed by atoms with Gasteiger partial charge in [0.15, 0.2) is 0 Å². The van der Waals surface area contributed by atoms with Gasteiger partial charge < -0.3 is 9.30 Å². The van der Waals surface area contributed by atoms with E-state index in [2.05, 4.69) is 18.8 Å². The number of pyridine rings is 1. The number of fused-ring (bicyclic) bond motifs is 1. The third-order valence-corrected chi connectivity index (χ3v) is 3.36. The molecule has 0 radical (unpaired) electrons. The van der Waals surface area contributed by atoms with Crippen LogP contribution in [0.25, 0.3) is 5.65 Å². The monoisotopic (exact) mass is 293 g/mol. The second kappa shape index (κ2) is 6.75. The Balaban J connectivity index is 2.12. The zero-order valence-electron chi connectivity index (χ0n) is 12.0. The molecule has 2 aromatic rings. The molecule has 108 valence electrons. The largest absolute Gasteiger partial charge is 0.342 e. The average molecular weight is 294 g/mol. The van der Waals surface area contributed by atoms with E-state index >= 15 is 0 Å². The lowest BCUT2D eigenvalue weighted by Gasteiger charge is -2.20. The molecule has 0 aliphatic heterocycles. The van der Waals surface area contributed by atoms with Crippen molar-refractivity contribution >= 4 is 23.2 Å². The lowest BCUT2D eigenvalue weighted by molar-refractivity contribution is -0.130. The van der Waals surface area contributed by atoms with E-state index in [-0.39, 0.29) is 5.91 Å². The van der Waals surface area contributed by atoms with Gasteiger partial charge in [-0.1, -0.05) is 25.4 Å². The number of rotatable bonds is 6. The zero-order chi connectivity index (χ0) is 14.5. The summed E-state index contributed by atoms with van der Waals surface area (Å²) < 4.78 is 1.86. The lowest BCUT2D eigenvalue weighted by atomic mass is 10.2. The summed E-state index contributed by atoms with van der Waals surface area (Å²) in [4.78, 5) is 18.7. The number of halogens is 1. The van der Waals surface area contributed by atoms with Crippen molar-refractivity contribution in [3.05, 3.63) is 35.2 Å². The van der Waals surface area contributed by atoms with E-state index in [1.807, 2.05) is 21.6 Å². The Bertz CT molecular complexity index is 588. The summed E-state index contributed by atoms with van der Waals surface area (Å²) in [6.45, 7) is 5.80. The van der Waals surface area contributed by atoms with E-state index in [4.69, 9.17) is 11.6 Å². The van der Waals surface area contributed by atoms with E-state index < -0.39 is 0 Å². The molecule has 2 aromatic heterocycles. The quantitative estimate of drug-likeness (QED) is 0.820. The number of hydrogen-bond acceptors (Lipinski definition) is 2. The molecule has 0 aliphatic rings. The van der Waals surface area contributed by atoms with Crippen LogP contribution in [-0.2, 0) is 11.2 Å². The lowest BCUT2D eigenvalue weighted by Crippen LogP contribution is -2.33. The molecule has 20 heavy (non-hydrogen) atoms. The van der Waals surface area contributed by atoms with Crippen molar-refractivity contribution in [2.45, 2.75) is 33.1 Å². The van der Waals surface area contributed by atoms with Crippen molar-refractivity contribution in [2.24, 2.45) is 0 Å². The van der Waals surface area contributed by atoms with Gasteiger partial charge in [-0.05, 0) is 25.0 Å². The maximum absolute atomic E-state index is 12.3. The maximum atomic E-state index is 12.3. The molecule has 4 nitrogen and oxygen atoms in total. The number of amides is 1. The first kappa shape index (κ1) is 14.9. The number of nitrogens with zero attached hydrogens (tertiary/aromatic N) is 3. The Morgan fingerprint density at radius 3 is 2.60 bits per heavy atom. The first-order valence-electron chi connectivity index (χ1n) is 7.05. The van der Waals surface area contributed by atoms with Crippen LogP contribution >= 0.6 is 11.6 Å². The first-order chi connectivity index (χ1) is 9.63. The molecule has 0 aliphatic carbocycles. The highest BCUT2D eigenvalue weighted by molar-refractivity contribution is 6.30. The molecule has 0 saturated carbocycles. The van der Waals surface area contributed by atoms with Crippen molar-refractivity contribution in [1.29, 1.82) is 0 Å². The van der Waals surface area contributed by atoms with Crippen LogP contribution in [0.15, 0.2) is 24.5 Å². The Hall–Kier alpha value is -1.55. The molecule has 0 aromatic carbocycles. The Morgan fingerprint density at radius 1 is 1.25 bits per heavy atom. The number of aromatic nitrogens is 2. The molecule has 0 bridgehead atoms. The smallest absolute Gasteiger partial charge is 0.228 e. The fourth-order valence-electron chi connectivity index (χ4n) is 2.27. The Kier molecular flexibility index (Phi) is 5.01. The number of carbonyl (C=O) groups is 1. The molecule has 2 heterocycles. The van der Waals surface area contributed by atoms with Gasteiger partial charge in [-0.2, -0.15) is 0 Å². The van der Waals surface area contributed by atoms with Crippen LogP contribution in [0.4, 0.5) is 0 Å². The second-order valence-electron chi connectivity index (χ2n) is 4.90. The summed E-state index contributed by atoms with van der Waals surface area (Å²) in [5.74, 6) is 0.142. The molecule has 2 rings (SSSR count). The van der Waals surface area contributed by atoms with Gasteiger partial charge in [0.25, 0.3) is 0 Å². The minimum atomic E-state index is 0.142. The molecule has 0 spiro atoms.